The number of methoxy groups -OCH3 is 1. The zero-order valence-electron chi connectivity index (χ0n) is 21.8. The molecule has 38 heavy (non-hydrogen) atoms. The lowest BCUT2D eigenvalue weighted by Crippen LogP contribution is -2.27. The van der Waals surface area contributed by atoms with Crippen molar-refractivity contribution < 1.29 is 23.5 Å². The second-order valence-electron chi connectivity index (χ2n) is 9.04. The fraction of sp³-hybridized carbons (Fsp3) is 0.300. The third-order valence-corrected chi connectivity index (χ3v) is 7.67. The van der Waals surface area contributed by atoms with Crippen LogP contribution in [0.5, 0.6) is 5.75 Å². The van der Waals surface area contributed by atoms with Crippen molar-refractivity contribution in [3.63, 3.8) is 0 Å². The molecule has 1 saturated heterocycles. The topological polar surface area (TPSA) is 69.0 Å². The van der Waals surface area contributed by atoms with Crippen molar-refractivity contribution in [3.8, 4) is 17.1 Å². The van der Waals surface area contributed by atoms with Gasteiger partial charge in [0.1, 0.15) is 21.6 Å². The summed E-state index contributed by atoms with van der Waals surface area (Å²) in [4.78, 5) is 27.5. The molecule has 8 heteroatoms. The van der Waals surface area contributed by atoms with Crippen LogP contribution in [0.15, 0.2) is 63.9 Å². The van der Waals surface area contributed by atoms with E-state index in [1.807, 2.05) is 49.4 Å². The van der Waals surface area contributed by atoms with Gasteiger partial charge in [0.2, 0.25) is 0 Å². The van der Waals surface area contributed by atoms with Crippen molar-refractivity contribution in [1.29, 1.82) is 0 Å². The highest BCUT2D eigenvalue weighted by Crippen LogP contribution is 2.35. The number of unbranched alkanes of at least 4 members (excludes halogenated alkanes) is 3. The summed E-state index contributed by atoms with van der Waals surface area (Å²) in [5.41, 5.74) is 3.37. The van der Waals surface area contributed by atoms with Gasteiger partial charge in [0, 0.05) is 11.6 Å². The summed E-state index contributed by atoms with van der Waals surface area (Å²) < 4.78 is 17.2. The van der Waals surface area contributed by atoms with Crippen LogP contribution in [0, 0.1) is 6.92 Å². The Balaban J connectivity index is 1.40. The molecule has 6 nitrogen and oxygen atoms in total. The Morgan fingerprint density at radius 3 is 2.61 bits per heavy atom. The normalized spacial score (nSPS) is 14.4. The van der Waals surface area contributed by atoms with E-state index in [1.54, 1.807) is 30.2 Å². The lowest BCUT2D eigenvalue weighted by atomic mass is 10.1. The Morgan fingerprint density at radius 1 is 1.08 bits per heavy atom. The largest absolute Gasteiger partial charge is 0.497 e. The first kappa shape index (κ1) is 27.7. The van der Waals surface area contributed by atoms with Crippen molar-refractivity contribution in [1.82, 2.24) is 4.90 Å². The first-order valence-electron chi connectivity index (χ1n) is 12.7. The van der Waals surface area contributed by atoms with E-state index in [4.69, 9.17) is 26.1 Å². The maximum Gasteiger partial charge on any atom is 0.338 e. The van der Waals surface area contributed by atoms with Crippen LogP contribution < -0.4 is 4.74 Å². The number of rotatable bonds is 11. The second kappa shape index (κ2) is 12.9. The number of esters is 1. The van der Waals surface area contributed by atoms with Crippen LogP contribution in [0.3, 0.4) is 0 Å². The SMILES string of the molecule is CCCCCCOC(=O)c1ccc(-c2ccc(/C=C3/SC(=S)N(Cc4cc(OC)ccc4C)C3=O)o2)cc1. The van der Waals surface area contributed by atoms with Crippen LogP contribution in [0.4, 0.5) is 0 Å². The van der Waals surface area contributed by atoms with Crippen LogP contribution in [-0.4, -0.2) is 34.8 Å². The van der Waals surface area contributed by atoms with Crippen molar-refractivity contribution in [2.24, 2.45) is 0 Å². The minimum absolute atomic E-state index is 0.155. The number of ether oxygens (including phenoxy) is 2. The van der Waals surface area contributed by atoms with Gasteiger partial charge in [-0.3, -0.25) is 9.69 Å². The number of thiocarbonyl (C=S) groups is 1. The molecular weight excluding hydrogens is 518 g/mol. The molecule has 2 heterocycles. The minimum atomic E-state index is -0.320. The molecule has 0 unspecified atom stereocenters. The van der Waals surface area contributed by atoms with Crippen LogP contribution in [-0.2, 0) is 16.1 Å². The number of hydrogen-bond acceptors (Lipinski definition) is 7. The summed E-state index contributed by atoms with van der Waals surface area (Å²) in [6.45, 7) is 4.96. The van der Waals surface area contributed by atoms with E-state index in [0.717, 1.165) is 48.1 Å². The van der Waals surface area contributed by atoms with Crippen LogP contribution in [0.25, 0.3) is 17.4 Å². The first-order valence-corrected chi connectivity index (χ1v) is 13.9. The van der Waals surface area contributed by atoms with Gasteiger partial charge in [-0.05, 0) is 60.9 Å². The summed E-state index contributed by atoms with van der Waals surface area (Å²) in [5, 5.41) is 0. The average molecular weight is 550 g/mol. The van der Waals surface area contributed by atoms with Gasteiger partial charge in [-0.2, -0.15) is 0 Å². The van der Waals surface area contributed by atoms with Crippen LogP contribution >= 0.6 is 24.0 Å². The lowest BCUT2D eigenvalue weighted by Gasteiger charge is -2.16. The third kappa shape index (κ3) is 6.74. The van der Waals surface area contributed by atoms with E-state index in [0.29, 0.717) is 39.5 Å². The molecule has 0 spiro atoms. The number of thioether (sulfide) groups is 1. The Labute approximate surface area is 233 Å². The number of nitrogens with zero attached hydrogens (tertiary/aromatic N) is 1. The quantitative estimate of drug-likeness (QED) is 0.107. The van der Waals surface area contributed by atoms with Gasteiger partial charge >= 0.3 is 5.97 Å². The van der Waals surface area contributed by atoms with E-state index in [1.165, 1.54) is 11.8 Å². The molecule has 1 fully saturated rings. The summed E-state index contributed by atoms with van der Waals surface area (Å²) in [5.74, 6) is 1.45. The van der Waals surface area contributed by atoms with E-state index < -0.39 is 0 Å². The predicted octanol–water partition coefficient (Wildman–Crippen LogP) is 7.40. The van der Waals surface area contributed by atoms with Gasteiger partial charge < -0.3 is 13.9 Å². The molecule has 198 valence electrons. The summed E-state index contributed by atoms with van der Waals surface area (Å²) >= 11 is 6.76. The molecule has 3 aromatic rings. The molecular formula is C30H31NO5S2. The van der Waals surface area contributed by atoms with E-state index in [2.05, 4.69) is 6.92 Å². The smallest absolute Gasteiger partial charge is 0.338 e. The number of amides is 1. The number of benzene rings is 2. The maximum absolute atomic E-state index is 13.1. The fourth-order valence-electron chi connectivity index (χ4n) is 4.01. The van der Waals surface area contributed by atoms with Gasteiger partial charge in [-0.1, -0.05) is 68.4 Å². The minimum Gasteiger partial charge on any atom is -0.497 e. The zero-order chi connectivity index (χ0) is 27.1. The number of carbonyl (C=O) groups excluding carboxylic acids is 2. The number of carbonyl (C=O) groups is 2. The Kier molecular flexibility index (Phi) is 9.42. The number of aryl methyl sites for hydroxylation is 1. The zero-order valence-corrected chi connectivity index (χ0v) is 23.5. The highest BCUT2D eigenvalue weighted by molar-refractivity contribution is 8.26. The summed E-state index contributed by atoms with van der Waals surface area (Å²) in [6.07, 6.45) is 5.95. The molecule has 1 aliphatic heterocycles. The molecule has 0 atom stereocenters. The summed E-state index contributed by atoms with van der Waals surface area (Å²) in [6, 6.07) is 16.6. The molecule has 2 aromatic carbocycles. The highest BCUT2D eigenvalue weighted by Gasteiger charge is 2.32. The van der Waals surface area contributed by atoms with E-state index in [-0.39, 0.29) is 11.9 Å². The standard InChI is InChI=1S/C30H31NO5S2/c1-4-5-6-7-16-35-29(33)22-11-9-21(10-12-22)26-15-14-25(36-26)18-27-28(32)31(30(37)38-27)19-23-17-24(34-3)13-8-20(23)2/h8-15,17-18H,4-7,16,19H2,1-3H3/b27-18+. The lowest BCUT2D eigenvalue weighted by molar-refractivity contribution is -0.122. The van der Waals surface area contributed by atoms with Gasteiger partial charge in [-0.25, -0.2) is 4.79 Å². The predicted molar refractivity (Wildman–Crippen MR) is 155 cm³/mol. The molecule has 0 N–H and O–H groups in total. The number of furan rings is 1. The number of hydrogen-bond donors (Lipinski definition) is 0. The van der Waals surface area contributed by atoms with Gasteiger partial charge in [0.25, 0.3) is 5.91 Å². The molecule has 0 aliphatic carbocycles. The van der Waals surface area contributed by atoms with Crippen LogP contribution in [0.1, 0.15) is 59.9 Å². The van der Waals surface area contributed by atoms with Gasteiger partial charge in [0.05, 0.1) is 30.7 Å². The molecule has 1 aliphatic rings. The van der Waals surface area contributed by atoms with Crippen molar-refractivity contribution in [2.75, 3.05) is 13.7 Å². The van der Waals surface area contributed by atoms with Crippen molar-refractivity contribution in [2.45, 2.75) is 46.1 Å². The maximum atomic E-state index is 13.1. The Morgan fingerprint density at radius 2 is 1.87 bits per heavy atom. The average Bonchev–Trinajstić information content (AvgIpc) is 3.49. The Bertz CT molecular complexity index is 1340. The second-order valence-corrected chi connectivity index (χ2v) is 10.7. The van der Waals surface area contributed by atoms with Gasteiger partial charge in [-0.15, -0.1) is 0 Å². The fourth-order valence-corrected chi connectivity index (χ4v) is 5.25. The van der Waals surface area contributed by atoms with E-state index >= 15 is 0 Å². The molecule has 0 bridgehead atoms. The third-order valence-electron chi connectivity index (χ3n) is 6.29. The highest BCUT2D eigenvalue weighted by atomic mass is 32.2. The molecule has 0 saturated carbocycles. The van der Waals surface area contributed by atoms with Crippen LogP contribution in [0.2, 0.25) is 0 Å². The molecule has 4 rings (SSSR count). The Hall–Kier alpha value is -3.36. The summed E-state index contributed by atoms with van der Waals surface area (Å²) in [7, 11) is 1.62. The van der Waals surface area contributed by atoms with E-state index in [9.17, 15) is 9.59 Å². The molecule has 1 aromatic heterocycles. The van der Waals surface area contributed by atoms with Crippen molar-refractivity contribution in [3.05, 3.63) is 82.0 Å². The van der Waals surface area contributed by atoms with Gasteiger partial charge in [0.15, 0.2) is 0 Å². The monoisotopic (exact) mass is 549 g/mol. The van der Waals surface area contributed by atoms with Crippen molar-refractivity contribution >= 4 is 46.3 Å². The molecule has 0 radical (unpaired) electrons. The molecule has 1 amide bonds. The first-order chi connectivity index (χ1) is 18.4.